The van der Waals surface area contributed by atoms with Gasteiger partial charge in [-0.2, -0.15) is 0 Å². The van der Waals surface area contributed by atoms with Gasteiger partial charge in [-0.15, -0.1) is 0 Å². The molecule has 0 aliphatic heterocycles. The maximum atomic E-state index is 5.17. The summed E-state index contributed by atoms with van der Waals surface area (Å²) in [7, 11) is 5.84. The molecule has 0 radical (unpaired) electrons. The van der Waals surface area contributed by atoms with Gasteiger partial charge in [0.1, 0.15) is 5.82 Å². The fourth-order valence-corrected chi connectivity index (χ4v) is 4.15. The smallest absolute Gasteiger partial charge is 0.135 e. The molecule has 4 nitrogen and oxygen atoms in total. The molecule has 1 aliphatic rings. The van der Waals surface area contributed by atoms with Crippen LogP contribution in [0, 0.1) is 6.92 Å². The number of aliphatic imine (C=N–C) groups is 1. The van der Waals surface area contributed by atoms with Gasteiger partial charge in [0.25, 0.3) is 0 Å². The van der Waals surface area contributed by atoms with Crippen LogP contribution in [0.2, 0.25) is 0 Å². The minimum Gasteiger partial charge on any atom is -0.383 e. The number of aryl methyl sites for hydroxylation is 1. The predicted molar refractivity (Wildman–Crippen MR) is 145 cm³/mol. The highest BCUT2D eigenvalue weighted by atomic mass is 15.0. The van der Waals surface area contributed by atoms with E-state index in [2.05, 4.69) is 80.3 Å². The highest BCUT2D eigenvalue weighted by Crippen LogP contribution is 2.35. The van der Waals surface area contributed by atoms with Gasteiger partial charge in [0.2, 0.25) is 0 Å². The summed E-state index contributed by atoms with van der Waals surface area (Å²) in [5.74, 6) is 0.902. The van der Waals surface area contributed by atoms with E-state index in [1.807, 2.05) is 38.2 Å². The van der Waals surface area contributed by atoms with E-state index in [0.29, 0.717) is 6.04 Å². The largest absolute Gasteiger partial charge is 0.383 e. The Balaban J connectivity index is 2.13. The highest BCUT2D eigenvalue weighted by Gasteiger charge is 2.25. The first-order chi connectivity index (χ1) is 15.8. The number of hydrogen-bond donors (Lipinski definition) is 1. The molecule has 4 heteroatoms. The number of anilines is 1. The summed E-state index contributed by atoms with van der Waals surface area (Å²) in [6, 6.07) is 11.1. The number of aromatic nitrogens is 1. The summed E-state index contributed by atoms with van der Waals surface area (Å²) in [5, 5.41) is 3.71. The molecular formula is C29H36N4. The van der Waals surface area contributed by atoms with E-state index in [-0.39, 0.29) is 0 Å². The van der Waals surface area contributed by atoms with E-state index in [9.17, 15) is 0 Å². The summed E-state index contributed by atoms with van der Waals surface area (Å²) in [5.41, 5.74) is 10.4. The van der Waals surface area contributed by atoms with Gasteiger partial charge >= 0.3 is 0 Å². The molecule has 0 bridgehead atoms. The molecule has 0 fully saturated rings. The van der Waals surface area contributed by atoms with Crippen LogP contribution in [-0.2, 0) is 0 Å². The van der Waals surface area contributed by atoms with E-state index >= 15 is 0 Å². The van der Waals surface area contributed by atoms with Crippen molar-refractivity contribution in [3.05, 3.63) is 83.1 Å². The maximum absolute atomic E-state index is 5.17. The summed E-state index contributed by atoms with van der Waals surface area (Å²) in [6.07, 6.45) is 9.02. The van der Waals surface area contributed by atoms with Crippen LogP contribution >= 0.6 is 0 Å². The molecule has 3 rings (SSSR count). The molecule has 1 aromatic carbocycles. The van der Waals surface area contributed by atoms with Gasteiger partial charge in [-0.1, -0.05) is 48.1 Å². The first-order valence-corrected chi connectivity index (χ1v) is 11.4. The van der Waals surface area contributed by atoms with Crippen molar-refractivity contribution < 1.29 is 0 Å². The molecule has 1 heterocycles. The van der Waals surface area contributed by atoms with E-state index in [1.165, 1.54) is 11.1 Å². The van der Waals surface area contributed by atoms with Crippen LogP contribution in [0.1, 0.15) is 43.9 Å². The Morgan fingerprint density at radius 3 is 2.52 bits per heavy atom. The average molecular weight is 441 g/mol. The van der Waals surface area contributed by atoms with Gasteiger partial charge in [0.15, 0.2) is 0 Å². The lowest BCUT2D eigenvalue weighted by Crippen LogP contribution is -2.30. The van der Waals surface area contributed by atoms with Crippen LogP contribution in [-0.4, -0.2) is 43.3 Å². The van der Waals surface area contributed by atoms with Crippen molar-refractivity contribution in [1.29, 1.82) is 0 Å². The van der Waals surface area contributed by atoms with Crippen LogP contribution in [0.4, 0.5) is 5.82 Å². The quantitative estimate of drug-likeness (QED) is 0.280. The molecule has 2 aromatic rings. The number of allylic oxidation sites excluding steroid dienone is 4. The van der Waals surface area contributed by atoms with Crippen LogP contribution in [0.3, 0.4) is 0 Å². The predicted octanol–water partition coefficient (Wildman–Crippen LogP) is 6.77. The zero-order chi connectivity index (χ0) is 24.1. The first kappa shape index (κ1) is 24.2. The number of nitrogens with zero attached hydrogens (tertiary/aromatic N) is 3. The van der Waals surface area contributed by atoms with E-state index in [0.717, 1.165) is 51.3 Å². The molecule has 1 unspecified atom stereocenters. The Hall–Kier alpha value is -3.40. The van der Waals surface area contributed by atoms with Crippen LogP contribution in [0.5, 0.6) is 0 Å². The van der Waals surface area contributed by atoms with Crippen LogP contribution < -0.4 is 5.32 Å². The van der Waals surface area contributed by atoms with Gasteiger partial charge in [-0.3, -0.25) is 4.99 Å². The van der Waals surface area contributed by atoms with Crippen molar-refractivity contribution in [2.24, 2.45) is 4.99 Å². The van der Waals surface area contributed by atoms with Crippen LogP contribution in [0.15, 0.2) is 71.4 Å². The van der Waals surface area contributed by atoms with E-state index in [4.69, 9.17) is 4.98 Å². The number of rotatable bonds is 8. The summed E-state index contributed by atoms with van der Waals surface area (Å²) in [4.78, 5) is 11.5. The molecule has 0 amide bonds. The lowest BCUT2D eigenvalue weighted by molar-refractivity contribution is 0.566. The van der Waals surface area contributed by atoms with Gasteiger partial charge < -0.3 is 10.2 Å². The monoisotopic (exact) mass is 440 g/mol. The number of hydrogen-bond acceptors (Lipinski definition) is 4. The Labute approximate surface area is 199 Å². The summed E-state index contributed by atoms with van der Waals surface area (Å²) < 4.78 is 0. The minimum atomic E-state index is 0.324. The average Bonchev–Trinajstić information content (AvgIpc) is 2.81. The first-order valence-electron chi connectivity index (χ1n) is 11.4. The van der Waals surface area contributed by atoms with Crippen molar-refractivity contribution >= 4 is 23.2 Å². The van der Waals surface area contributed by atoms with Crippen LogP contribution in [0.25, 0.3) is 22.4 Å². The third-order valence-corrected chi connectivity index (χ3v) is 6.21. The third kappa shape index (κ3) is 5.33. The maximum Gasteiger partial charge on any atom is 0.135 e. The minimum absolute atomic E-state index is 0.324. The lowest BCUT2D eigenvalue weighted by atomic mass is 9.85. The Bertz CT molecular complexity index is 1160. The molecule has 1 atom stereocenters. The van der Waals surface area contributed by atoms with E-state index < -0.39 is 0 Å². The zero-order valence-corrected chi connectivity index (χ0v) is 21.0. The van der Waals surface area contributed by atoms with Gasteiger partial charge in [0.05, 0.1) is 11.7 Å². The second kappa shape index (κ2) is 10.5. The molecule has 1 aliphatic carbocycles. The second-order valence-corrected chi connectivity index (χ2v) is 8.88. The van der Waals surface area contributed by atoms with Crippen molar-refractivity contribution in [2.45, 2.75) is 40.2 Å². The molecule has 33 heavy (non-hydrogen) atoms. The topological polar surface area (TPSA) is 40.5 Å². The number of nitrogens with one attached hydrogen (secondary N) is 1. The highest BCUT2D eigenvalue weighted by molar-refractivity contribution is 6.11. The third-order valence-electron chi connectivity index (χ3n) is 6.21. The molecule has 0 spiro atoms. The number of benzene rings is 1. The van der Waals surface area contributed by atoms with Gasteiger partial charge in [-0.25, -0.2) is 4.98 Å². The van der Waals surface area contributed by atoms with Gasteiger partial charge in [-0.05, 0) is 68.5 Å². The van der Waals surface area contributed by atoms with Crippen molar-refractivity contribution in [3.63, 3.8) is 0 Å². The molecule has 0 saturated heterocycles. The summed E-state index contributed by atoms with van der Waals surface area (Å²) in [6.45, 7) is 12.6. The molecule has 172 valence electrons. The molecule has 1 aromatic heterocycles. The molecule has 0 saturated carbocycles. The lowest BCUT2D eigenvalue weighted by Gasteiger charge is -2.32. The molecule has 1 N–H and O–H groups in total. The Morgan fingerprint density at radius 2 is 1.94 bits per heavy atom. The Morgan fingerprint density at radius 1 is 1.18 bits per heavy atom. The zero-order valence-electron chi connectivity index (χ0n) is 21.0. The van der Waals surface area contributed by atoms with Crippen molar-refractivity contribution in [1.82, 2.24) is 9.88 Å². The SMILES string of the molecule is C=C/C(=C\N(C)C)c1cccc(-c2nc(NC3CC(C)=C3C)c(/C(C=NC)=C/C)cc2C)c1. The fraction of sp³-hybridized carbons (Fsp3) is 0.310. The number of pyridine rings is 1. The summed E-state index contributed by atoms with van der Waals surface area (Å²) >= 11 is 0. The van der Waals surface area contributed by atoms with Crippen molar-refractivity contribution in [2.75, 3.05) is 26.5 Å². The fourth-order valence-electron chi connectivity index (χ4n) is 4.15. The van der Waals surface area contributed by atoms with Gasteiger partial charge in [0, 0.05) is 44.7 Å². The van der Waals surface area contributed by atoms with E-state index in [1.54, 1.807) is 7.05 Å². The standard InChI is InChI=1S/C29H36N4/c1-9-22(17-30-6)26-14-20(4)28(32-29(26)31-27-15-19(3)21(27)5)25-13-11-12-24(16-25)23(10-2)18-33(7)8/h9-14,16-18,27H,2,15H2,1,3-8H3,(H,31,32)/b22-9+,23-18+,30-17?. The van der Waals surface area contributed by atoms with Crippen molar-refractivity contribution in [3.8, 4) is 11.3 Å². The second-order valence-electron chi connectivity index (χ2n) is 8.88. The molecular weight excluding hydrogens is 404 g/mol. The Kier molecular flexibility index (Phi) is 7.70. The normalized spacial score (nSPS) is 16.8.